The Kier molecular flexibility index (Phi) is 5.56. The molecule has 0 spiro atoms. The molecule has 2 aromatic carbocycles. The number of rotatable bonds is 6. The minimum absolute atomic E-state index is 0.485. The van der Waals surface area contributed by atoms with Gasteiger partial charge in [0, 0.05) is 23.3 Å². The fraction of sp³-hybridized carbons (Fsp3) is 0.250. The topological polar surface area (TPSA) is 12.0 Å². The standard InChI is InChI=1S/C16H17F2NS/c1-2-19-10-12-4-3-5-15(8-12)20-11-13-6-7-14(17)9-16(13)18/h3-9,19H,2,10-11H2,1H3. The Morgan fingerprint density at radius 1 is 1.10 bits per heavy atom. The Labute approximate surface area is 122 Å². The number of hydrogen-bond donors (Lipinski definition) is 1. The van der Waals surface area contributed by atoms with Gasteiger partial charge in [0.15, 0.2) is 0 Å². The van der Waals surface area contributed by atoms with E-state index in [1.807, 2.05) is 12.1 Å². The van der Waals surface area contributed by atoms with Crippen LogP contribution in [-0.4, -0.2) is 6.54 Å². The molecule has 106 valence electrons. The van der Waals surface area contributed by atoms with Gasteiger partial charge in [-0.25, -0.2) is 8.78 Å². The SMILES string of the molecule is CCNCc1cccc(SCc2ccc(F)cc2F)c1. The molecule has 0 aromatic heterocycles. The summed E-state index contributed by atoms with van der Waals surface area (Å²) in [5.41, 5.74) is 1.73. The van der Waals surface area contributed by atoms with Crippen molar-refractivity contribution < 1.29 is 8.78 Å². The lowest BCUT2D eigenvalue weighted by molar-refractivity contribution is 0.576. The third-order valence-electron chi connectivity index (χ3n) is 2.89. The number of benzene rings is 2. The highest BCUT2D eigenvalue weighted by Gasteiger charge is 2.05. The van der Waals surface area contributed by atoms with E-state index in [0.717, 1.165) is 24.1 Å². The number of halogens is 2. The molecule has 20 heavy (non-hydrogen) atoms. The van der Waals surface area contributed by atoms with Crippen LogP contribution in [0.25, 0.3) is 0 Å². The first-order valence-electron chi connectivity index (χ1n) is 6.55. The zero-order valence-corrected chi connectivity index (χ0v) is 12.1. The minimum Gasteiger partial charge on any atom is -0.313 e. The van der Waals surface area contributed by atoms with Crippen LogP contribution in [0.2, 0.25) is 0 Å². The van der Waals surface area contributed by atoms with Crippen molar-refractivity contribution in [2.75, 3.05) is 6.54 Å². The van der Waals surface area contributed by atoms with Crippen LogP contribution in [0.4, 0.5) is 8.78 Å². The summed E-state index contributed by atoms with van der Waals surface area (Å²) in [5, 5.41) is 3.27. The third kappa shape index (κ3) is 4.32. The molecule has 0 saturated heterocycles. The number of thioether (sulfide) groups is 1. The van der Waals surface area contributed by atoms with Crippen molar-refractivity contribution in [1.82, 2.24) is 5.32 Å². The second kappa shape index (κ2) is 7.41. The first kappa shape index (κ1) is 15.0. The van der Waals surface area contributed by atoms with E-state index in [1.165, 1.54) is 17.7 Å². The Morgan fingerprint density at radius 2 is 1.95 bits per heavy atom. The van der Waals surface area contributed by atoms with Crippen LogP contribution >= 0.6 is 11.8 Å². The van der Waals surface area contributed by atoms with Crippen molar-refractivity contribution >= 4 is 11.8 Å². The summed E-state index contributed by atoms with van der Waals surface area (Å²) in [4.78, 5) is 1.09. The van der Waals surface area contributed by atoms with E-state index in [9.17, 15) is 8.78 Å². The summed E-state index contributed by atoms with van der Waals surface area (Å²) in [6.07, 6.45) is 0. The first-order valence-corrected chi connectivity index (χ1v) is 7.54. The summed E-state index contributed by atoms with van der Waals surface area (Å²) in [6.45, 7) is 3.82. The number of hydrogen-bond acceptors (Lipinski definition) is 2. The highest BCUT2D eigenvalue weighted by molar-refractivity contribution is 7.98. The second-order valence-corrected chi connectivity index (χ2v) is 5.50. The fourth-order valence-electron chi connectivity index (χ4n) is 1.81. The predicted molar refractivity (Wildman–Crippen MR) is 79.7 cm³/mol. The predicted octanol–water partition coefficient (Wildman–Crippen LogP) is 4.37. The van der Waals surface area contributed by atoms with Gasteiger partial charge in [0.2, 0.25) is 0 Å². The van der Waals surface area contributed by atoms with Crippen LogP contribution in [0.3, 0.4) is 0 Å². The number of nitrogens with one attached hydrogen (secondary N) is 1. The van der Waals surface area contributed by atoms with Crippen LogP contribution in [0.5, 0.6) is 0 Å². The zero-order valence-electron chi connectivity index (χ0n) is 11.3. The Bertz CT molecular complexity index is 572. The summed E-state index contributed by atoms with van der Waals surface area (Å²) in [7, 11) is 0. The molecule has 0 amide bonds. The molecular weight excluding hydrogens is 276 g/mol. The molecule has 4 heteroatoms. The average molecular weight is 293 g/mol. The smallest absolute Gasteiger partial charge is 0.130 e. The van der Waals surface area contributed by atoms with Crippen molar-refractivity contribution in [3.63, 3.8) is 0 Å². The van der Waals surface area contributed by atoms with Gasteiger partial charge in [0.1, 0.15) is 11.6 Å². The molecule has 2 rings (SSSR count). The summed E-state index contributed by atoms with van der Waals surface area (Å²) in [5.74, 6) is -0.526. The molecule has 0 aliphatic rings. The molecule has 0 atom stereocenters. The van der Waals surface area contributed by atoms with E-state index >= 15 is 0 Å². The van der Waals surface area contributed by atoms with Gasteiger partial charge in [-0.2, -0.15) is 0 Å². The maximum Gasteiger partial charge on any atom is 0.130 e. The van der Waals surface area contributed by atoms with E-state index in [-0.39, 0.29) is 0 Å². The van der Waals surface area contributed by atoms with Gasteiger partial charge in [-0.15, -0.1) is 11.8 Å². The zero-order chi connectivity index (χ0) is 14.4. The molecule has 2 aromatic rings. The van der Waals surface area contributed by atoms with Gasteiger partial charge in [0.05, 0.1) is 0 Å². The highest BCUT2D eigenvalue weighted by Crippen LogP contribution is 2.25. The van der Waals surface area contributed by atoms with E-state index in [1.54, 1.807) is 11.8 Å². The first-order chi connectivity index (χ1) is 9.69. The average Bonchev–Trinajstić information content (AvgIpc) is 2.45. The molecule has 0 aliphatic carbocycles. The van der Waals surface area contributed by atoms with Gasteiger partial charge in [-0.05, 0) is 35.9 Å². The normalized spacial score (nSPS) is 10.8. The van der Waals surface area contributed by atoms with E-state index in [4.69, 9.17) is 0 Å². The molecule has 0 radical (unpaired) electrons. The van der Waals surface area contributed by atoms with Crippen molar-refractivity contribution in [3.8, 4) is 0 Å². The van der Waals surface area contributed by atoms with Crippen molar-refractivity contribution in [1.29, 1.82) is 0 Å². The molecule has 0 bridgehead atoms. The van der Waals surface area contributed by atoms with Crippen molar-refractivity contribution in [3.05, 3.63) is 65.2 Å². The third-order valence-corrected chi connectivity index (χ3v) is 3.93. The lowest BCUT2D eigenvalue weighted by Crippen LogP contribution is -2.11. The molecule has 1 N–H and O–H groups in total. The minimum atomic E-state index is -0.538. The molecular formula is C16H17F2NS. The molecule has 0 unspecified atom stereocenters. The van der Waals surface area contributed by atoms with E-state index in [0.29, 0.717) is 11.3 Å². The largest absolute Gasteiger partial charge is 0.313 e. The fourth-order valence-corrected chi connectivity index (χ4v) is 2.78. The molecule has 0 fully saturated rings. The van der Waals surface area contributed by atoms with Gasteiger partial charge in [-0.1, -0.05) is 25.1 Å². The highest BCUT2D eigenvalue weighted by atomic mass is 32.2. The lowest BCUT2D eigenvalue weighted by atomic mass is 10.2. The Hall–Kier alpha value is -1.39. The molecule has 0 heterocycles. The second-order valence-electron chi connectivity index (χ2n) is 4.45. The Balaban J connectivity index is 1.99. The molecule has 0 aliphatic heterocycles. The van der Waals surface area contributed by atoms with Gasteiger partial charge >= 0.3 is 0 Å². The van der Waals surface area contributed by atoms with Crippen LogP contribution in [0, 0.1) is 11.6 Å². The van der Waals surface area contributed by atoms with Gasteiger partial charge in [0.25, 0.3) is 0 Å². The summed E-state index contributed by atoms with van der Waals surface area (Å²) in [6, 6.07) is 11.9. The molecule has 1 nitrogen and oxygen atoms in total. The summed E-state index contributed by atoms with van der Waals surface area (Å²) >= 11 is 1.55. The van der Waals surface area contributed by atoms with Crippen LogP contribution < -0.4 is 5.32 Å². The van der Waals surface area contributed by atoms with Crippen LogP contribution in [0.1, 0.15) is 18.1 Å². The van der Waals surface area contributed by atoms with Gasteiger partial charge < -0.3 is 5.32 Å². The Morgan fingerprint density at radius 3 is 2.70 bits per heavy atom. The van der Waals surface area contributed by atoms with Crippen LogP contribution in [-0.2, 0) is 12.3 Å². The van der Waals surface area contributed by atoms with Crippen molar-refractivity contribution in [2.24, 2.45) is 0 Å². The van der Waals surface area contributed by atoms with Gasteiger partial charge in [-0.3, -0.25) is 0 Å². The summed E-state index contributed by atoms with van der Waals surface area (Å²) < 4.78 is 26.4. The van der Waals surface area contributed by atoms with Crippen LogP contribution in [0.15, 0.2) is 47.4 Å². The lowest BCUT2D eigenvalue weighted by Gasteiger charge is -2.06. The van der Waals surface area contributed by atoms with E-state index in [2.05, 4.69) is 24.4 Å². The van der Waals surface area contributed by atoms with Crippen molar-refractivity contribution in [2.45, 2.75) is 24.1 Å². The molecule has 0 saturated carbocycles. The monoisotopic (exact) mass is 293 g/mol. The van der Waals surface area contributed by atoms with E-state index < -0.39 is 11.6 Å². The maximum absolute atomic E-state index is 13.5. The quantitative estimate of drug-likeness (QED) is 0.794. The maximum atomic E-state index is 13.5.